The van der Waals surface area contributed by atoms with E-state index in [9.17, 15) is 41.9 Å². The molecule has 0 saturated carbocycles. The molecule has 4 aromatic heterocycles. The molecule has 10 aromatic rings. The smallest absolute Gasteiger partial charge is 0.408 e. The number of hydrogen-bond donors (Lipinski definition) is 4. The lowest BCUT2D eigenvalue weighted by Gasteiger charge is -2.23. The number of carbonyl (C=O) groups is 3. The molecule has 0 unspecified atom stereocenters. The summed E-state index contributed by atoms with van der Waals surface area (Å²) < 4.78 is 54.9. The molecular weight excluding hydrogens is 1190 g/mol. The van der Waals surface area contributed by atoms with Crippen LogP contribution in [0, 0.1) is 42.1 Å². The van der Waals surface area contributed by atoms with Gasteiger partial charge in [0.25, 0.3) is 22.6 Å². The molecule has 3 atom stereocenters. The van der Waals surface area contributed by atoms with E-state index in [0.717, 1.165) is 0 Å². The van der Waals surface area contributed by atoms with Crippen molar-refractivity contribution >= 4 is 68.2 Å². The summed E-state index contributed by atoms with van der Waals surface area (Å²) in [6.45, 7) is 15.5. The van der Waals surface area contributed by atoms with Crippen molar-refractivity contribution in [1.82, 2.24) is 54.6 Å². The van der Waals surface area contributed by atoms with Crippen molar-refractivity contribution in [1.29, 1.82) is 0 Å². The Hall–Kier alpha value is -11.2. The fourth-order valence-corrected chi connectivity index (χ4v) is 9.53. The van der Waals surface area contributed by atoms with E-state index in [2.05, 4.69) is 52.7 Å². The number of aromatic nitrogens is 8. The third-order valence-electron chi connectivity index (χ3n) is 13.2. The predicted octanol–water partition coefficient (Wildman–Crippen LogP) is 11.2. The third kappa shape index (κ3) is 15.4. The van der Waals surface area contributed by atoms with Gasteiger partial charge < -0.3 is 31.2 Å². The van der Waals surface area contributed by atoms with Gasteiger partial charge in [-0.15, -0.1) is 12.8 Å². The lowest BCUT2D eigenvalue weighted by atomic mass is 10.1. The number of fused-ring (bicyclic) bond motifs is 3. The number of amides is 3. The van der Waals surface area contributed by atoms with Gasteiger partial charge in [-0.2, -0.15) is 0 Å². The molecule has 20 nitrogen and oxygen atoms in total. The second-order valence-corrected chi connectivity index (χ2v) is 22.7. The van der Waals surface area contributed by atoms with Crippen molar-refractivity contribution in [2.24, 2.45) is 0 Å². The summed E-state index contributed by atoms with van der Waals surface area (Å²) in [5, 5.41) is 9.15. The van der Waals surface area contributed by atoms with Crippen LogP contribution in [0.5, 0.6) is 0 Å². The van der Waals surface area contributed by atoms with E-state index in [1.807, 2.05) is 0 Å². The number of ether oxygens (including phenoxy) is 2. The minimum absolute atomic E-state index is 0.0294. The summed E-state index contributed by atoms with van der Waals surface area (Å²) in [7, 11) is 0. The van der Waals surface area contributed by atoms with E-state index in [1.165, 1.54) is 98.9 Å². The number of halogens is 4. The zero-order chi connectivity index (χ0) is 66.2. The van der Waals surface area contributed by atoms with Crippen molar-refractivity contribution in [2.75, 3.05) is 5.73 Å². The Morgan fingerprint density at radius 3 is 1.20 bits per heavy atom. The number of benzene rings is 6. The summed E-state index contributed by atoms with van der Waals surface area (Å²) in [6.07, 6.45) is 12.6. The molecule has 0 bridgehead atoms. The second-order valence-electron chi connectivity index (χ2n) is 22.3. The molecule has 24 heteroatoms. The number of nitrogens with one attached hydrogen (secondary N) is 3. The first kappa shape index (κ1) is 65.8. The third-order valence-corrected chi connectivity index (χ3v) is 13.5. The maximum Gasteiger partial charge on any atom is 0.408 e. The number of terminal acetylenes is 2. The van der Waals surface area contributed by atoms with Crippen LogP contribution in [-0.4, -0.2) is 67.9 Å². The molecule has 0 aliphatic rings. The maximum atomic E-state index is 13.5. The Bertz CT molecular complexity index is 4710. The number of alkyl carbamates (subject to hydrolysis) is 2. The van der Waals surface area contributed by atoms with E-state index in [1.54, 1.807) is 117 Å². The number of carbonyl (C=O) groups excluding carboxylic acids is 3. The molecule has 6 aromatic carbocycles. The Morgan fingerprint density at radius 2 is 0.846 bits per heavy atom. The van der Waals surface area contributed by atoms with Gasteiger partial charge in [0, 0.05) is 23.5 Å². The maximum absolute atomic E-state index is 13.5. The Labute approximate surface area is 524 Å². The van der Waals surface area contributed by atoms with Crippen molar-refractivity contribution < 1.29 is 37.0 Å². The van der Waals surface area contributed by atoms with Crippen LogP contribution < -0.4 is 38.4 Å². The van der Waals surface area contributed by atoms with Crippen molar-refractivity contribution in [3.8, 4) is 41.7 Å². The standard InChI is InChI=1S/C23H17FN6O2.C23H22FN3O3.C21H21ClFN3O3/c1-3-14-5-4-6-17-18(14)23(32)30(16-9-7-15(24)8-10-16)21(29-17)13(2)28-22(31)19-20(25)27-12-11-26-19;1-6-15-8-7-9-18-19(15)21(28)27(17-12-10-16(24)11-13-17)20(26-18)14(2)25-22(29)30-23(3,4)5;1-12(24-20(28)29-21(2,3)4)18-25-16-7-5-6-15(22)17(16)19(27)26(18)14-10-8-13(23)9-11-14/h1,4-13H,2H3,(H2,25,27)(H,28,31);1,7-14H,2-5H3,(H,25,29);5-12H,1-4H3,(H,24,28)/t13-;14-;12-/m000/s1. The number of nitrogen functional groups attached to an aromatic ring is 1. The van der Waals surface area contributed by atoms with Crippen molar-refractivity contribution in [2.45, 2.75) is 91.6 Å². The topological polar surface area (TPSA) is 262 Å². The molecule has 0 fully saturated rings. The van der Waals surface area contributed by atoms with E-state index in [0.29, 0.717) is 44.7 Å². The number of hydrogen-bond acceptors (Lipinski definition) is 14. The van der Waals surface area contributed by atoms with Gasteiger partial charge in [0.2, 0.25) is 0 Å². The highest BCUT2D eigenvalue weighted by Crippen LogP contribution is 2.26. The molecule has 0 saturated heterocycles. The van der Waals surface area contributed by atoms with Crippen LogP contribution >= 0.6 is 11.6 Å². The van der Waals surface area contributed by atoms with Gasteiger partial charge in [-0.25, -0.2) is 47.7 Å². The van der Waals surface area contributed by atoms with E-state index in [-0.39, 0.29) is 50.2 Å². The summed E-state index contributed by atoms with van der Waals surface area (Å²) in [5.41, 5.74) is 6.20. The van der Waals surface area contributed by atoms with Crippen LogP contribution in [0.15, 0.2) is 154 Å². The summed E-state index contributed by atoms with van der Waals surface area (Å²) in [5.74, 6) is 3.80. The monoisotopic (exact) mass is 1250 g/mol. The number of nitrogens with zero attached hydrogens (tertiary/aromatic N) is 8. The molecule has 91 heavy (non-hydrogen) atoms. The number of rotatable bonds is 10. The fraction of sp³-hybridized carbons (Fsp3) is 0.209. The molecule has 10 rings (SSSR count). The normalized spacial score (nSPS) is 12.2. The zero-order valence-corrected chi connectivity index (χ0v) is 51.4. The lowest BCUT2D eigenvalue weighted by molar-refractivity contribution is 0.0493. The Morgan fingerprint density at radius 1 is 0.516 bits per heavy atom. The number of nitrogens with two attached hydrogens (primary N) is 1. The van der Waals surface area contributed by atoms with Gasteiger partial charge in [0.15, 0.2) is 11.5 Å². The minimum atomic E-state index is -0.749. The van der Waals surface area contributed by atoms with Crippen LogP contribution in [0.2, 0.25) is 5.02 Å². The summed E-state index contributed by atoms with van der Waals surface area (Å²) in [6, 6.07) is 29.1. The fourth-order valence-electron chi connectivity index (χ4n) is 9.28. The van der Waals surface area contributed by atoms with E-state index >= 15 is 0 Å². The highest BCUT2D eigenvalue weighted by atomic mass is 35.5. The molecular formula is C67H60ClF3N12O8. The van der Waals surface area contributed by atoms with Crippen LogP contribution in [0.4, 0.5) is 28.6 Å². The Kier molecular flexibility index (Phi) is 19.9. The van der Waals surface area contributed by atoms with Gasteiger partial charge in [-0.3, -0.25) is 32.9 Å². The zero-order valence-electron chi connectivity index (χ0n) is 50.6. The van der Waals surface area contributed by atoms with Gasteiger partial charge in [0.05, 0.1) is 72.9 Å². The summed E-state index contributed by atoms with van der Waals surface area (Å²) in [4.78, 5) is 99.0. The lowest BCUT2D eigenvalue weighted by Crippen LogP contribution is -2.37. The summed E-state index contributed by atoms with van der Waals surface area (Å²) >= 11 is 6.23. The molecule has 5 N–H and O–H groups in total. The Balaban J connectivity index is 0.000000176. The molecule has 4 heterocycles. The van der Waals surface area contributed by atoms with Crippen LogP contribution in [0.25, 0.3) is 49.8 Å². The molecule has 3 amide bonds. The van der Waals surface area contributed by atoms with Crippen molar-refractivity contribution in [3.05, 3.63) is 228 Å². The largest absolute Gasteiger partial charge is 0.444 e. The second kappa shape index (κ2) is 27.5. The minimum Gasteiger partial charge on any atom is -0.444 e. The molecule has 0 aliphatic heterocycles. The first-order valence-electron chi connectivity index (χ1n) is 28.0. The van der Waals surface area contributed by atoms with Gasteiger partial charge in [0.1, 0.15) is 46.1 Å². The first-order chi connectivity index (χ1) is 43.1. The van der Waals surface area contributed by atoms with Crippen LogP contribution in [0.3, 0.4) is 0 Å². The molecule has 464 valence electrons. The number of anilines is 1. The van der Waals surface area contributed by atoms with Gasteiger partial charge in [-0.1, -0.05) is 41.6 Å². The first-order valence-corrected chi connectivity index (χ1v) is 28.4. The van der Waals surface area contributed by atoms with Gasteiger partial charge >= 0.3 is 12.2 Å². The molecule has 0 radical (unpaired) electrons. The highest BCUT2D eigenvalue weighted by Gasteiger charge is 2.27. The van der Waals surface area contributed by atoms with Crippen molar-refractivity contribution in [3.63, 3.8) is 0 Å². The average Bonchev–Trinajstić information content (AvgIpc) is 0.780. The highest BCUT2D eigenvalue weighted by molar-refractivity contribution is 6.35. The predicted molar refractivity (Wildman–Crippen MR) is 341 cm³/mol. The molecule has 0 spiro atoms. The van der Waals surface area contributed by atoms with E-state index in [4.69, 9.17) is 39.7 Å². The van der Waals surface area contributed by atoms with Crippen LogP contribution in [-0.2, 0) is 9.47 Å². The SMILES string of the molecule is C#Cc1cccc2nc([C@H](C)NC(=O)OC(C)(C)C)n(-c3ccc(F)cc3)c(=O)c12.C#Cc1cccc2nc([C@H](C)NC(=O)c3nccnc3N)n(-c3ccc(F)cc3)c(=O)c12.C[C@H](NC(=O)OC(C)(C)C)c1nc2cccc(Cl)c2c(=O)n1-c1ccc(F)cc1. The average molecular weight is 1250 g/mol. The molecule has 0 aliphatic carbocycles. The van der Waals surface area contributed by atoms with Crippen LogP contribution in [0.1, 0.15) is 120 Å². The van der Waals surface area contributed by atoms with E-state index < -0.39 is 81.6 Å². The quantitative estimate of drug-likeness (QED) is 0.0929. The van der Waals surface area contributed by atoms with Gasteiger partial charge in [-0.05, 0) is 172 Å².